The summed E-state index contributed by atoms with van der Waals surface area (Å²) < 4.78 is 38.0. The fourth-order valence-corrected chi connectivity index (χ4v) is 4.00. The van der Waals surface area contributed by atoms with E-state index in [-0.39, 0.29) is 10.9 Å². The molecule has 0 saturated carbocycles. The van der Waals surface area contributed by atoms with Crippen molar-refractivity contribution in [1.29, 1.82) is 0 Å². The Hall–Kier alpha value is -1.31. The summed E-state index contributed by atoms with van der Waals surface area (Å²) in [5.74, 6) is 1.03. The second kappa shape index (κ2) is 7.30. The third-order valence-electron chi connectivity index (χ3n) is 3.48. The quantitative estimate of drug-likeness (QED) is 0.856. The molecule has 124 valence electrons. The van der Waals surface area contributed by atoms with Gasteiger partial charge in [0.15, 0.2) is 11.5 Å². The number of rotatable bonds is 6. The van der Waals surface area contributed by atoms with E-state index in [1.165, 1.54) is 4.31 Å². The van der Waals surface area contributed by atoms with Crippen molar-refractivity contribution >= 4 is 10.0 Å². The highest BCUT2D eigenvalue weighted by molar-refractivity contribution is 7.89. The van der Waals surface area contributed by atoms with E-state index < -0.39 is 10.0 Å². The van der Waals surface area contributed by atoms with Crippen molar-refractivity contribution in [1.82, 2.24) is 9.62 Å². The smallest absolute Gasteiger partial charge is 0.243 e. The first-order valence-electron chi connectivity index (χ1n) is 7.62. The molecular formula is C15H24N2O4S. The molecule has 0 radical (unpaired) electrons. The van der Waals surface area contributed by atoms with Crippen molar-refractivity contribution in [2.45, 2.75) is 31.7 Å². The van der Waals surface area contributed by atoms with E-state index in [9.17, 15) is 8.42 Å². The molecule has 1 heterocycles. The standard InChI is InChI=1S/C15H24N2O4S/c1-4-20-14-7-6-13(10-15(14)21-5-2)22(18,19)17-9-8-16-12(3)11-17/h6-7,10,12,16H,4-5,8-9,11H2,1-3H3/t12-/m0/s1. The molecule has 1 aromatic rings. The minimum absolute atomic E-state index is 0.151. The van der Waals surface area contributed by atoms with E-state index in [4.69, 9.17) is 9.47 Å². The maximum absolute atomic E-state index is 12.8. The Morgan fingerprint density at radius 1 is 1.23 bits per heavy atom. The van der Waals surface area contributed by atoms with Crippen LogP contribution in [0, 0.1) is 0 Å². The van der Waals surface area contributed by atoms with Gasteiger partial charge in [0, 0.05) is 31.7 Å². The predicted molar refractivity (Wildman–Crippen MR) is 85.0 cm³/mol. The molecule has 1 N–H and O–H groups in total. The van der Waals surface area contributed by atoms with E-state index in [0.717, 1.165) is 0 Å². The monoisotopic (exact) mass is 328 g/mol. The molecule has 1 fully saturated rings. The third-order valence-corrected chi connectivity index (χ3v) is 5.35. The van der Waals surface area contributed by atoms with E-state index in [1.54, 1.807) is 18.2 Å². The number of piperazine rings is 1. The lowest BCUT2D eigenvalue weighted by molar-refractivity contribution is 0.286. The number of nitrogens with one attached hydrogen (secondary N) is 1. The van der Waals surface area contributed by atoms with Crippen LogP contribution in [0.4, 0.5) is 0 Å². The van der Waals surface area contributed by atoms with Crippen molar-refractivity contribution in [3.8, 4) is 11.5 Å². The summed E-state index contributed by atoms with van der Waals surface area (Å²) in [6.45, 7) is 8.28. The molecule has 0 amide bonds. The highest BCUT2D eigenvalue weighted by atomic mass is 32.2. The summed E-state index contributed by atoms with van der Waals surface area (Å²) in [7, 11) is -3.51. The lowest BCUT2D eigenvalue weighted by atomic mass is 10.3. The van der Waals surface area contributed by atoms with Gasteiger partial charge in [-0.15, -0.1) is 0 Å². The highest BCUT2D eigenvalue weighted by Gasteiger charge is 2.29. The van der Waals surface area contributed by atoms with Gasteiger partial charge in [0.25, 0.3) is 0 Å². The van der Waals surface area contributed by atoms with Crippen LogP contribution in [0.1, 0.15) is 20.8 Å². The van der Waals surface area contributed by atoms with Gasteiger partial charge in [0.2, 0.25) is 10.0 Å². The molecule has 1 saturated heterocycles. The predicted octanol–water partition coefficient (Wildman–Crippen LogP) is 1.47. The van der Waals surface area contributed by atoms with E-state index in [1.807, 2.05) is 20.8 Å². The fourth-order valence-electron chi connectivity index (χ4n) is 2.46. The Balaban J connectivity index is 2.32. The van der Waals surface area contributed by atoms with Crippen molar-refractivity contribution in [2.24, 2.45) is 0 Å². The minimum atomic E-state index is -3.51. The fraction of sp³-hybridized carbons (Fsp3) is 0.600. The number of hydrogen-bond acceptors (Lipinski definition) is 5. The molecule has 0 spiro atoms. The third kappa shape index (κ3) is 3.71. The van der Waals surface area contributed by atoms with E-state index in [0.29, 0.717) is 44.3 Å². The van der Waals surface area contributed by atoms with Gasteiger partial charge in [-0.3, -0.25) is 0 Å². The highest BCUT2D eigenvalue weighted by Crippen LogP contribution is 2.31. The van der Waals surface area contributed by atoms with Crippen LogP contribution in [-0.2, 0) is 10.0 Å². The van der Waals surface area contributed by atoms with Gasteiger partial charge in [0.1, 0.15) is 0 Å². The Morgan fingerprint density at radius 3 is 2.55 bits per heavy atom. The van der Waals surface area contributed by atoms with Gasteiger partial charge < -0.3 is 14.8 Å². The van der Waals surface area contributed by atoms with Crippen LogP contribution in [-0.4, -0.2) is 51.6 Å². The largest absolute Gasteiger partial charge is 0.490 e. The van der Waals surface area contributed by atoms with Gasteiger partial charge in [0.05, 0.1) is 18.1 Å². The van der Waals surface area contributed by atoms with Gasteiger partial charge in [-0.25, -0.2) is 8.42 Å². The lowest BCUT2D eigenvalue weighted by Gasteiger charge is -2.31. The number of sulfonamides is 1. The van der Waals surface area contributed by atoms with Crippen LogP contribution in [0.2, 0.25) is 0 Å². The molecule has 1 aliphatic heterocycles. The second-order valence-corrected chi connectivity index (χ2v) is 7.13. The summed E-state index contributed by atoms with van der Waals surface area (Å²) in [6.07, 6.45) is 0. The average Bonchev–Trinajstić information content (AvgIpc) is 2.49. The van der Waals surface area contributed by atoms with Crippen LogP contribution >= 0.6 is 0 Å². The van der Waals surface area contributed by atoms with Crippen LogP contribution in [0.5, 0.6) is 11.5 Å². The Labute approximate surface area is 132 Å². The molecule has 0 unspecified atom stereocenters. The van der Waals surface area contributed by atoms with Crippen LogP contribution < -0.4 is 14.8 Å². The number of ether oxygens (including phenoxy) is 2. The SMILES string of the molecule is CCOc1ccc(S(=O)(=O)N2CCN[C@@H](C)C2)cc1OCC. The Bertz CT molecular complexity index is 604. The number of nitrogens with zero attached hydrogens (tertiary/aromatic N) is 1. The zero-order valence-electron chi connectivity index (χ0n) is 13.3. The zero-order valence-corrected chi connectivity index (χ0v) is 14.1. The first-order chi connectivity index (χ1) is 10.5. The molecule has 1 aromatic carbocycles. The average molecular weight is 328 g/mol. The molecule has 22 heavy (non-hydrogen) atoms. The van der Waals surface area contributed by atoms with Gasteiger partial charge >= 0.3 is 0 Å². The molecular weight excluding hydrogens is 304 g/mol. The first kappa shape index (κ1) is 17.1. The maximum Gasteiger partial charge on any atom is 0.243 e. The van der Waals surface area contributed by atoms with Crippen molar-refractivity contribution in [3.05, 3.63) is 18.2 Å². The Morgan fingerprint density at radius 2 is 1.91 bits per heavy atom. The summed E-state index contributed by atoms with van der Waals surface area (Å²) in [6, 6.07) is 4.94. The molecule has 7 heteroatoms. The lowest BCUT2D eigenvalue weighted by Crippen LogP contribution is -2.51. The maximum atomic E-state index is 12.8. The van der Waals surface area contributed by atoms with Crippen LogP contribution in [0.25, 0.3) is 0 Å². The normalized spacial score (nSPS) is 19.9. The second-order valence-electron chi connectivity index (χ2n) is 5.19. The summed E-state index contributed by atoms with van der Waals surface area (Å²) in [5, 5.41) is 3.24. The van der Waals surface area contributed by atoms with Gasteiger partial charge in [-0.05, 0) is 32.9 Å². The molecule has 1 atom stereocenters. The van der Waals surface area contributed by atoms with Crippen LogP contribution in [0.15, 0.2) is 23.1 Å². The van der Waals surface area contributed by atoms with E-state index in [2.05, 4.69) is 5.32 Å². The molecule has 0 aromatic heterocycles. The zero-order chi connectivity index (χ0) is 16.2. The van der Waals surface area contributed by atoms with Crippen molar-refractivity contribution < 1.29 is 17.9 Å². The van der Waals surface area contributed by atoms with Crippen molar-refractivity contribution in [2.75, 3.05) is 32.8 Å². The molecule has 6 nitrogen and oxygen atoms in total. The molecule has 2 rings (SSSR count). The van der Waals surface area contributed by atoms with E-state index >= 15 is 0 Å². The summed E-state index contributed by atoms with van der Waals surface area (Å²) in [5.41, 5.74) is 0. The molecule has 0 aliphatic carbocycles. The minimum Gasteiger partial charge on any atom is -0.490 e. The van der Waals surface area contributed by atoms with Crippen molar-refractivity contribution in [3.63, 3.8) is 0 Å². The van der Waals surface area contributed by atoms with Gasteiger partial charge in [-0.1, -0.05) is 0 Å². The molecule has 0 bridgehead atoms. The topological polar surface area (TPSA) is 67.9 Å². The summed E-state index contributed by atoms with van der Waals surface area (Å²) in [4.78, 5) is 0.244. The number of hydrogen-bond donors (Lipinski definition) is 1. The van der Waals surface area contributed by atoms with Gasteiger partial charge in [-0.2, -0.15) is 4.31 Å². The Kier molecular flexibility index (Phi) is 5.66. The molecule has 1 aliphatic rings. The number of benzene rings is 1. The van der Waals surface area contributed by atoms with Crippen LogP contribution in [0.3, 0.4) is 0 Å². The first-order valence-corrected chi connectivity index (χ1v) is 9.06. The summed E-state index contributed by atoms with van der Waals surface area (Å²) >= 11 is 0.